The van der Waals surface area contributed by atoms with Crippen LogP contribution in [0, 0.1) is 0 Å². The molecule has 86 valence electrons. The maximum atomic E-state index is 11.6. The maximum absolute atomic E-state index is 11.6. The number of carbonyl (C=O) groups excluding carboxylic acids is 1. The summed E-state index contributed by atoms with van der Waals surface area (Å²) in [7, 11) is 3.78. The predicted molar refractivity (Wildman–Crippen MR) is 60.7 cm³/mol. The van der Waals surface area contributed by atoms with E-state index >= 15 is 0 Å². The Morgan fingerprint density at radius 3 is 2.94 bits per heavy atom. The second-order valence-electron chi connectivity index (χ2n) is 3.32. The molecule has 5 heteroatoms. The molecule has 0 fully saturated rings. The molecule has 1 heterocycles. The molecule has 5 nitrogen and oxygen atoms in total. The first-order valence-corrected chi connectivity index (χ1v) is 4.97. The monoisotopic (exact) mass is 221 g/mol. The van der Waals surface area contributed by atoms with E-state index in [9.17, 15) is 4.79 Å². The van der Waals surface area contributed by atoms with E-state index < -0.39 is 5.97 Å². The van der Waals surface area contributed by atoms with E-state index in [4.69, 9.17) is 4.74 Å². The van der Waals surface area contributed by atoms with Crippen LogP contribution in [-0.2, 0) is 4.74 Å². The Bertz CT molecular complexity index is 389. The maximum Gasteiger partial charge on any atom is 0.341 e. The summed E-state index contributed by atoms with van der Waals surface area (Å²) in [5.74, 6) is -0.401. The molecule has 0 aliphatic rings. The summed E-state index contributed by atoms with van der Waals surface area (Å²) in [6.45, 7) is 2.10. The molecule has 0 aromatic carbocycles. The minimum Gasteiger partial charge on any atom is -0.462 e. The molecule has 0 bridgehead atoms. The number of hydrogen-bond donors (Lipinski definition) is 0. The lowest BCUT2D eigenvalue weighted by Crippen LogP contribution is -2.09. The molecule has 1 aromatic heterocycles. The van der Waals surface area contributed by atoms with E-state index in [-0.39, 0.29) is 0 Å². The van der Waals surface area contributed by atoms with E-state index in [1.165, 1.54) is 12.5 Å². The van der Waals surface area contributed by atoms with Crippen molar-refractivity contribution in [3.05, 3.63) is 30.0 Å². The van der Waals surface area contributed by atoms with E-state index in [2.05, 4.69) is 9.97 Å². The van der Waals surface area contributed by atoms with Gasteiger partial charge in [0.2, 0.25) is 0 Å². The summed E-state index contributed by atoms with van der Waals surface area (Å²) in [6, 6.07) is 0. The summed E-state index contributed by atoms with van der Waals surface area (Å²) in [5.41, 5.74) is 0.935. The number of esters is 1. The van der Waals surface area contributed by atoms with Crippen LogP contribution in [0.25, 0.3) is 6.08 Å². The summed E-state index contributed by atoms with van der Waals surface area (Å²) in [4.78, 5) is 21.3. The van der Waals surface area contributed by atoms with Crippen molar-refractivity contribution in [2.75, 3.05) is 20.7 Å². The minimum atomic E-state index is -0.401. The summed E-state index contributed by atoms with van der Waals surface area (Å²) >= 11 is 0. The third-order valence-corrected chi connectivity index (χ3v) is 1.77. The molecule has 0 aliphatic heterocycles. The van der Waals surface area contributed by atoms with Crippen molar-refractivity contribution in [3.8, 4) is 0 Å². The highest BCUT2D eigenvalue weighted by atomic mass is 16.5. The Balaban J connectivity index is 2.96. The second kappa shape index (κ2) is 5.85. The highest BCUT2D eigenvalue weighted by Gasteiger charge is 2.11. The largest absolute Gasteiger partial charge is 0.462 e. The standard InChI is InChI=1S/C11H15N3O2/c1-4-16-11(15)9-7-12-8-13-10(9)5-6-14(2)3/h5-8H,4H2,1-3H3. The summed E-state index contributed by atoms with van der Waals surface area (Å²) < 4.78 is 4.91. The topological polar surface area (TPSA) is 55.3 Å². The van der Waals surface area contributed by atoms with Crippen molar-refractivity contribution in [1.29, 1.82) is 0 Å². The molecule has 0 unspecified atom stereocenters. The average molecular weight is 221 g/mol. The van der Waals surface area contributed by atoms with E-state index in [0.29, 0.717) is 17.9 Å². The van der Waals surface area contributed by atoms with Crippen LogP contribution in [0.2, 0.25) is 0 Å². The lowest BCUT2D eigenvalue weighted by Gasteiger charge is -2.06. The van der Waals surface area contributed by atoms with Gasteiger partial charge in [0, 0.05) is 26.5 Å². The Hall–Kier alpha value is -1.91. The highest BCUT2D eigenvalue weighted by molar-refractivity contribution is 5.92. The number of rotatable bonds is 4. The van der Waals surface area contributed by atoms with Crippen LogP contribution < -0.4 is 0 Å². The van der Waals surface area contributed by atoms with E-state index in [0.717, 1.165) is 0 Å². The van der Waals surface area contributed by atoms with Gasteiger partial charge in [0.1, 0.15) is 11.9 Å². The number of aromatic nitrogens is 2. The minimum absolute atomic E-state index is 0.338. The van der Waals surface area contributed by atoms with Crippen molar-refractivity contribution < 1.29 is 9.53 Å². The fourth-order valence-electron chi connectivity index (χ4n) is 1.06. The van der Waals surface area contributed by atoms with Gasteiger partial charge in [-0.15, -0.1) is 0 Å². The Morgan fingerprint density at radius 1 is 1.56 bits per heavy atom. The van der Waals surface area contributed by atoms with Crippen LogP contribution in [0.3, 0.4) is 0 Å². The van der Waals surface area contributed by atoms with Crippen LogP contribution >= 0.6 is 0 Å². The normalized spacial score (nSPS) is 10.4. The summed E-state index contributed by atoms with van der Waals surface area (Å²) in [5, 5.41) is 0. The molecule has 0 atom stereocenters. The zero-order valence-corrected chi connectivity index (χ0v) is 9.67. The van der Waals surface area contributed by atoms with Gasteiger partial charge in [-0.2, -0.15) is 0 Å². The van der Waals surface area contributed by atoms with Crippen LogP contribution in [-0.4, -0.2) is 41.5 Å². The first-order valence-electron chi connectivity index (χ1n) is 4.97. The van der Waals surface area contributed by atoms with Gasteiger partial charge >= 0.3 is 5.97 Å². The zero-order valence-electron chi connectivity index (χ0n) is 9.67. The fraction of sp³-hybridized carbons (Fsp3) is 0.364. The second-order valence-corrected chi connectivity index (χ2v) is 3.32. The summed E-state index contributed by atoms with van der Waals surface area (Å²) in [6.07, 6.45) is 6.41. The van der Waals surface area contributed by atoms with Crippen molar-refractivity contribution in [1.82, 2.24) is 14.9 Å². The molecule has 0 saturated heterocycles. The van der Waals surface area contributed by atoms with Gasteiger partial charge in [-0.05, 0) is 13.0 Å². The lowest BCUT2D eigenvalue weighted by molar-refractivity contribution is 0.0525. The van der Waals surface area contributed by atoms with Gasteiger partial charge in [0.25, 0.3) is 0 Å². The molecule has 0 amide bonds. The van der Waals surface area contributed by atoms with Gasteiger partial charge < -0.3 is 9.64 Å². The molecule has 0 saturated carbocycles. The average Bonchev–Trinajstić information content (AvgIpc) is 2.27. The van der Waals surface area contributed by atoms with Crippen LogP contribution in [0.1, 0.15) is 23.0 Å². The Morgan fingerprint density at radius 2 is 2.31 bits per heavy atom. The Kier molecular flexibility index (Phi) is 4.44. The predicted octanol–water partition coefficient (Wildman–Crippen LogP) is 1.19. The van der Waals surface area contributed by atoms with Crippen molar-refractivity contribution >= 4 is 12.0 Å². The van der Waals surface area contributed by atoms with Gasteiger partial charge in [-0.25, -0.2) is 14.8 Å². The molecule has 0 spiro atoms. The third-order valence-electron chi connectivity index (χ3n) is 1.77. The smallest absolute Gasteiger partial charge is 0.341 e. The van der Waals surface area contributed by atoms with Crippen molar-refractivity contribution in [2.24, 2.45) is 0 Å². The highest BCUT2D eigenvalue weighted by Crippen LogP contribution is 2.07. The zero-order chi connectivity index (χ0) is 12.0. The van der Waals surface area contributed by atoms with E-state index in [1.807, 2.05) is 25.2 Å². The number of carbonyl (C=O) groups is 1. The van der Waals surface area contributed by atoms with Gasteiger partial charge in [-0.3, -0.25) is 0 Å². The molecule has 1 rings (SSSR count). The molecule has 0 radical (unpaired) electrons. The first kappa shape index (κ1) is 12.2. The first-order chi connectivity index (χ1) is 7.65. The molecule has 16 heavy (non-hydrogen) atoms. The SMILES string of the molecule is CCOC(=O)c1cncnc1C=CN(C)C. The van der Waals surface area contributed by atoms with Gasteiger partial charge in [0.15, 0.2) is 0 Å². The fourth-order valence-corrected chi connectivity index (χ4v) is 1.06. The van der Waals surface area contributed by atoms with Crippen LogP contribution in [0.15, 0.2) is 18.7 Å². The number of nitrogens with zero attached hydrogens (tertiary/aromatic N) is 3. The van der Waals surface area contributed by atoms with Crippen molar-refractivity contribution in [2.45, 2.75) is 6.92 Å². The van der Waals surface area contributed by atoms with Crippen LogP contribution in [0.5, 0.6) is 0 Å². The lowest BCUT2D eigenvalue weighted by atomic mass is 10.2. The van der Waals surface area contributed by atoms with Gasteiger partial charge in [-0.1, -0.05) is 0 Å². The van der Waals surface area contributed by atoms with Crippen molar-refractivity contribution in [3.63, 3.8) is 0 Å². The molecule has 0 aliphatic carbocycles. The third kappa shape index (κ3) is 3.34. The number of ether oxygens (including phenoxy) is 1. The van der Waals surface area contributed by atoms with Gasteiger partial charge in [0.05, 0.1) is 12.3 Å². The quantitative estimate of drug-likeness (QED) is 0.715. The number of hydrogen-bond acceptors (Lipinski definition) is 5. The molecule has 1 aromatic rings. The molecule has 0 N–H and O–H groups in total. The molecular formula is C11H15N3O2. The van der Waals surface area contributed by atoms with E-state index in [1.54, 1.807) is 13.0 Å². The molecular weight excluding hydrogens is 206 g/mol. The van der Waals surface area contributed by atoms with Crippen LogP contribution in [0.4, 0.5) is 0 Å². The Labute approximate surface area is 94.8 Å².